The molecule has 0 spiro atoms. The fourth-order valence-corrected chi connectivity index (χ4v) is 9.04. The molecule has 0 aliphatic carbocycles. The molecule has 0 radical (unpaired) electrons. The second kappa shape index (κ2) is 19.8. The average Bonchev–Trinajstić information content (AvgIpc) is 2.85. The van der Waals surface area contributed by atoms with Gasteiger partial charge in [-0.1, -0.05) is 24.3 Å². The van der Waals surface area contributed by atoms with Gasteiger partial charge in [0.25, 0.3) is 0 Å². The fraction of sp³-hybridized carbons (Fsp3) is 0.692. The van der Waals surface area contributed by atoms with E-state index in [1.807, 2.05) is 66.1 Å². The van der Waals surface area contributed by atoms with E-state index in [1.54, 1.807) is 0 Å². The number of aliphatic imine (C=N–C) groups is 2. The van der Waals surface area contributed by atoms with Gasteiger partial charge in [-0.3, -0.25) is 9.98 Å². The maximum absolute atomic E-state index is 5.92. The van der Waals surface area contributed by atoms with E-state index in [1.165, 1.54) is 0 Å². The molecule has 8 nitrogen and oxygen atoms in total. The Bertz CT molecular complexity index is 656. The third-order valence-electron chi connectivity index (χ3n) is 5.18. The van der Waals surface area contributed by atoms with Gasteiger partial charge in [-0.25, -0.2) is 0 Å². The monoisotopic (exact) mass is 540 g/mol. The van der Waals surface area contributed by atoms with E-state index in [2.05, 4.69) is 22.1 Å². The molecule has 0 saturated carbocycles. The van der Waals surface area contributed by atoms with Crippen LogP contribution in [0.5, 0.6) is 0 Å². The van der Waals surface area contributed by atoms with Crippen LogP contribution in [0.25, 0.3) is 0 Å². The molecule has 1 rings (SSSR count). The molecule has 1 aromatic carbocycles. The van der Waals surface area contributed by atoms with Crippen molar-refractivity contribution in [1.29, 1.82) is 0 Å². The van der Waals surface area contributed by atoms with Crippen LogP contribution in [-0.2, 0) is 26.6 Å². The summed E-state index contributed by atoms with van der Waals surface area (Å²) < 4.78 is 35.5. The van der Waals surface area contributed by atoms with Crippen molar-refractivity contribution in [2.75, 3.05) is 52.7 Å². The quantitative estimate of drug-likeness (QED) is 0.111. The van der Waals surface area contributed by atoms with E-state index in [0.717, 1.165) is 36.1 Å². The summed E-state index contributed by atoms with van der Waals surface area (Å²) >= 11 is 0. The zero-order valence-corrected chi connectivity index (χ0v) is 25.3. The SMILES string of the molecule is CCO[Si](CCC/N=C/c1ccccc1/C=N/CCC[Si](OCC)(OCC)OCC)(OCC)OCC. The van der Waals surface area contributed by atoms with E-state index < -0.39 is 17.6 Å². The summed E-state index contributed by atoms with van der Waals surface area (Å²) in [6, 6.07) is 9.67. The third-order valence-corrected chi connectivity index (χ3v) is 11.5. The van der Waals surface area contributed by atoms with Gasteiger partial charge in [-0.2, -0.15) is 0 Å². The third kappa shape index (κ3) is 12.3. The van der Waals surface area contributed by atoms with Crippen LogP contribution in [0.2, 0.25) is 12.1 Å². The number of hydrogen-bond acceptors (Lipinski definition) is 8. The van der Waals surface area contributed by atoms with E-state index in [9.17, 15) is 0 Å². The first kappa shape index (κ1) is 32.8. The van der Waals surface area contributed by atoms with Crippen molar-refractivity contribution in [3.05, 3.63) is 35.4 Å². The van der Waals surface area contributed by atoms with Gasteiger partial charge in [0, 0.05) is 88.4 Å². The molecule has 0 aliphatic heterocycles. The van der Waals surface area contributed by atoms with Crippen molar-refractivity contribution >= 4 is 30.0 Å². The molecule has 10 heteroatoms. The van der Waals surface area contributed by atoms with Crippen LogP contribution in [0.3, 0.4) is 0 Å². The minimum atomic E-state index is -2.61. The first-order valence-electron chi connectivity index (χ1n) is 13.5. The highest BCUT2D eigenvalue weighted by atomic mass is 28.4. The summed E-state index contributed by atoms with van der Waals surface area (Å²) in [5.74, 6) is 0. The lowest BCUT2D eigenvalue weighted by molar-refractivity contribution is 0.0702. The van der Waals surface area contributed by atoms with Crippen molar-refractivity contribution in [3.63, 3.8) is 0 Å². The lowest BCUT2D eigenvalue weighted by atomic mass is 10.1. The van der Waals surface area contributed by atoms with Gasteiger partial charge in [0.05, 0.1) is 0 Å². The van der Waals surface area contributed by atoms with E-state index in [0.29, 0.717) is 52.7 Å². The molecule has 0 amide bonds. The summed E-state index contributed by atoms with van der Waals surface area (Å²) in [5, 5.41) is 0. The normalized spacial score (nSPS) is 12.8. The van der Waals surface area contributed by atoms with Crippen molar-refractivity contribution in [2.24, 2.45) is 9.98 Å². The minimum Gasteiger partial charge on any atom is -0.374 e. The van der Waals surface area contributed by atoms with Gasteiger partial charge >= 0.3 is 17.6 Å². The smallest absolute Gasteiger partial charge is 0.374 e. The lowest BCUT2D eigenvalue weighted by Crippen LogP contribution is -2.46. The fourth-order valence-electron chi connectivity index (χ4n) is 3.85. The van der Waals surface area contributed by atoms with Crippen LogP contribution in [0.15, 0.2) is 34.3 Å². The largest absolute Gasteiger partial charge is 0.500 e. The zero-order chi connectivity index (χ0) is 26.5. The molecule has 0 aliphatic rings. The Morgan fingerprint density at radius 1 is 0.556 bits per heavy atom. The predicted molar refractivity (Wildman–Crippen MR) is 151 cm³/mol. The second-order valence-electron chi connectivity index (χ2n) is 7.87. The number of rotatable bonds is 22. The maximum Gasteiger partial charge on any atom is 0.500 e. The Labute approximate surface area is 221 Å². The van der Waals surface area contributed by atoms with Gasteiger partial charge in [-0.15, -0.1) is 0 Å². The summed E-state index contributed by atoms with van der Waals surface area (Å²) in [5.41, 5.74) is 2.09. The molecule has 0 aromatic heterocycles. The topological polar surface area (TPSA) is 80.1 Å². The number of hydrogen-bond donors (Lipinski definition) is 0. The first-order valence-corrected chi connectivity index (χ1v) is 17.3. The van der Waals surface area contributed by atoms with Crippen molar-refractivity contribution < 1.29 is 26.6 Å². The second-order valence-corrected chi connectivity index (χ2v) is 13.3. The molecule has 36 heavy (non-hydrogen) atoms. The molecule has 0 fully saturated rings. The molecule has 1 aromatic rings. The summed E-state index contributed by atoms with van der Waals surface area (Å²) in [6.45, 7) is 16.8. The Morgan fingerprint density at radius 2 is 0.861 bits per heavy atom. The van der Waals surface area contributed by atoms with Gasteiger partial charge in [0.1, 0.15) is 0 Å². The molecule has 206 valence electrons. The van der Waals surface area contributed by atoms with Crippen LogP contribution >= 0.6 is 0 Å². The highest BCUT2D eigenvalue weighted by molar-refractivity contribution is 6.61. The molecular weight excluding hydrogens is 492 g/mol. The van der Waals surface area contributed by atoms with E-state index in [-0.39, 0.29) is 0 Å². The van der Waals surface area contributed by atoms with Crippen LogP contribution < -0.4 is 0 Å². The van der Waals surface area contributed by atoms with Crippen LogP contribution in [-0.4, -0.2) is 82.8 Å². The van der Waals surface area contributed by atoms with Crippen LogP contribution in [0.1, 0.15) is 65.5 Å². The van der Waals surface area contributed by atoms with Gasteiger partial charge in [0.2, 0.25) is 0 Å². The predicted octanol–water partition coefficient (Wildman–Crippen LogP) is 5.40. The van der Waals surface area contributed by atoms with Gasteiger partial charge < -0.3 is 26.6 Å². The lowest BCUT2D eigenvalue weighted by Gasteiger charge is -2.28. The minimum absolute atomic E-state index is 0.592. The van der Waals surface area contributed by atoms with E-state index >= 15 is 0 Å². The van der Waals surface area contributed by atoms with Gasteiger partial charge in [-0.05, 0) is 54.4 Å². The Kier molecular flexibility index (Phi) is 18.0. The Hall–Kier alpha value is -1.25. The number of benzene rings is 1. The standard InChI is InChI=1S/C26H48N2O6Si2/c1-7-29-35(30-8-2,31-9-3)21-15-19-27-23-25-17-13-14-18-26(25)24-28-20-16-22-36(32-10-4,33-11-5)34-12-6/h13-14,17-18,23-24H,7-12,15-16,19-22H2,1-6H3/b27-23+,28-24+. The first-order chi connectivity index (χ1) is 17.5. The van der Waals surface area contributed by atoms with Crippen molar-refractivity contribution in [3.8, 4) is 0 Å². The molecule has 0 bridgehead atoms. The van der Waals surface area contributed by atoms with Gasteiger partial charge in [0.15, 0.2) is 0 Å². The van der Waals surface area contributed by atoms with Crippen molar-refractivity contribution in [1.82, 2.24) is 0 Å². The number of nitrogens with zero attached hydrogens (tertiary/aromatic N) is 2. The molecule has 0 saturated heterocycles. The molecule has 0 atom stereocenters. The van der Waals surface area contributed by atoms with Crippen molar-refractivity contribution in [2.45, 2.75) is 66.5 Å². The molecular formula is C26H48N2O6Si2. The summed E-state index contributed by atoms with van der Waals surface area (Å²) in [6.07, 6.45) is 5.54. The molecule has 0 unspecified atom stereocenters. The van der Waals surface area contributed by atoms with Crippen LogP contribution in [0, 0.1) is 0 Å². The summed E-state index contributed by atoms with van der Waals surface area (Å²) in [4.78, 5) is 9.30. The highest BCUT2D eigenvalue weighted by Crippen LogP contribution is 2.19. The Morgan fingerprint density at radius 3 is 1.14 bits per heavy atom. The summed E-state index contributed by atoms with van der Waals surface area (Å²) in [7, 11) is -5.22. The maximum atomic E-state index is 5.92. The van der Waals surface area contributed by atoms with Crippen LogP contribution in [0.4, 0.5) is 0 Å². The highest BCUT2D eigenvalue weighted by Gasteiger charge is 2.40. The van der Waals surface area contributed by atoms with E-state index in [4.69, 9.17) is 26.6 Å². The molecule has 0 heterocycles. The average molecular weight is 541 g/mol. The molecule has 0 N–H and O–H groups in total. The Balaban J connectivity index is 2.65. The zero-order valence-electron chi connectivity index (χ0n) is 23.3.